The highest BCUT2D eigenvalue weighted by molar-refractivity contribution is 5.47. The van der Waals surface area contributed by atoms with E-state index in [0.717, 1.165) is 62.5 Å². The summed E-state index contributed by atoms with van der Waals surface area (Å²) in [4.78, 5) is 0. The molecule has 0 radical (unpaired) electrons. The van der Waals surface area contributed by atoms with Gasteiger partial charge in [-0.25, -0.2) is 0 Å². The van der Waals surface area contributed by atoms with Crippen LogP contribution in [0.15, 0.2) is 30.8 Å². The summed E-state index contributed by atoms with van der Waals surface area (Å²) in [6.07, 6.45) is 11.3. The first-order valence-electron chi connectivity index (χ1n) is 12.8. The lowest BCUT2D eigenvalue weighted by molar-refractivity contribution is -0.263. The molecule has 3 heterocycles. The summed E-state index contributed by atoms with van der Waals surface area (Å²) < 4.78 is 38.8. The molecule has 3 saturated heterocycles. The maximum Gasteiger partial charge on any atom is 0.190 e. The van der Waals surface area contributed by atoms with E-state index >= 15 is 0 Å². The van der Waals surface area contributed by atoms with Gasteiger partial charge in [-0.05, 0) is 42.9 Å². The molecular formula is C27H36O6. The Morgan fingerprint density at radius 2 is 1.67 bits per heavy atom. The van der Waals surface area contributed by atoms with E-state index in [0.29, 0.717) is 13.2 Å². The monoisotopic (exact) mass is 456 g/mol. The lowest BCUT2D eigenvalue weighted by Crippen LogP contribution is -2.45. The van der Waals surface area contributed by atoms with Crippen molar-refractivity contribution in [2.24, 2.45) is 0 Å². The number of rotatable bonds is 5. The first-order chi connectivity index (χ1) is 16.2. The number of benzene rings is 1. The molecule has 5 atom stereocenters. The van der Waals surface area contributed by atoms with Crippen LogP contribution >= 0.6 is 0 Å². The number of hydrogen-bond donors (Lipinski definition) is 0. The average Bonchev–Trinajstić information content (AvgIpc) is 3.50. The molecule has 2 saturated carbocycles. The molecule has 0 aromatic heterocycles. The topological polar surface area (TPSA) is 55.4 Å². The third-order valence-electron chi connectivity index (χ3n) is 7.99. The minimum absolute atomic E-state index is 0.173. The molecule has 5 aliphatic rings. The zero-order valence-electron chi connectivity index (χ0n) is 19.4. The van der Waals surface area contributed by atoms with Gasteiger partial charge >= 0.3 is 0 Å². The van der Waals surface area contributed by atoms with Crippen molar-refractivity contribution in [3.05, 3.63) is 42.0 Å². The SMILES string of the molecule is C=Cc1cccc(CO[C@@H]2[C@H]3OC4(CCCCC4)O[C@H]3O[C@@H]2[C@H]2COC3(CCCCC3)O2)c1. The highest BCUT2D eigenvalue weighted by atomic mass is 16.9. The van der Waals surface area contributed by atoms with Crippen LogP contribution in [0.1, 0.15) is 75.3 Å². The smallest absolute Gasteiger partial charge is 0.190 e. The maximum atomic E-state index is 6.60. The molecule has 1 aromatic rings. The van der Waals surface area contributed by atoms with Crippen LogP contribution in [0.3, 0.4) is 0 Å². The standard InChI is InChI=1S/C27H36O6/c1-2-19-10-9-11-20(16-19)17-28-23-22(21-18-29-26(31-21)12-5-3-6-13-26)30-25-24(23)32-27(33-25)14-7-4-8-15-27/h2,9-11,16,21-25H,1,3-8,12-15,17-18H2/t21-,22-,23+,24-,25-/m1/s1. The van der Waals surface area contributed by atoms with E-state index in [-0.39, 0.29) is 24.4 Å². The Morgan fingerprint density at radius 1 is 0.909 bits per heavy atom. The average molecular weight is 457 g/mol. The zero-order chi connectivity index (χ0) is 22.3. The second-order valence-electron chi connectivity index (χ2n) is 10.3. The molecule has 6 nitrogen and oxygen atoms in total. The van der Waals surface area contributed by atoms with Gasteiger partial charge in [-0.15, -0.1) is 0 Å². The number of ether oxygens (including phenoxy) is 6. The Labute approximate surface area is 196 Å². The minimum atomic E-state index is -0.513. The van der Waals surface area contributed by atoms with Gasteiger partial charge < -0.3 is 28.4 Å². The van der Waals surface area contributed by atoms with Crippen LogP contribution < -0.4 is 0 Å². The molecule has 0 amide bonds. The van der Waals surface area contributed by atoms with Crippen LogP contribution in [0.25, 0.3) is 6.08 Å². The molecule has 6 heteroatoms. The molecule has 5 fully saturated rings. The normalized spacial score (nSPS) is 36.9. The molecule has 3 aliphatic heterocycles. The van der Waals surface area contributed by atoms with Gasteiger partial charge in [0, 0.05) is 25.7 Å². The van der Waals surface area contributed by atoms with Crippen molar-refractivity contribution in [1.82, 2.24) is 0 Å². The second-order valence-corrected chi connectivity index (χ2v) is 10.3. The van der Waals surface area contributed by atoms with Crippen molar-refractivity contribution in [1.29, 1.82) is 0 Å². The van der Waals surface area contributed by atoms with Crippen molar-refractivity contribution in [2.75, 3.05) is 6.61 Å². The van der Waals surface area contributed by atoms with Crippen LogP contribution in [0.2, 0.25) is 0 Å². The fraction of sp³-hybridized carbons (Fsp3) is 0.704. The summed E-state index contributed by atoms with van der Waals surface area (Å²) >= 11 is 0. The first kappa shape index (κ1) is 22.2. The van der Waals surface area contributed by atoms with Gasteiger partial charge in [0.15, 0.2) is 17.9 Å². The molecule has 2 aliphatic carbocycles. The van der Waals surface area contributed by atoms with Crippen LogP contribution in [0.5, 0.6) is 0 Å². The summed E-state index contributed by atoms with van der Waals surface area (Å²) in [5, 5.41) is 0. The minimum Gasteiger partial charge on any atom is -0.368 e. The summed E-state index contributed by atoms with van der Waals surface area (Å²) in [5.41, 5.74) is 2.19. The molecule has 6 rings (SSSR count). The lowest BCUT2D eigenvalue weighted by atomic mass is 9.94. The zero-order valence-corrected chi connectivity index (χ0v) is 19.4. The van der Waals surface area contributed by atoms with Crippen molar-refractivity contribution in [2.45, 2.75) is 113 Å². The van der Waals surface area contributed by atoms with Gasteiger partial charge in [0.05, 0.1) is 13.2 Å². The largest absolute Gasteiger partial charge is 0.368 e. The molecular weight excluding hydrogens is 420 g/mol. The molecule has 2 spiro atoms. The van der Waals surface area contributed by atoms with E-state index < -0.39 is 17.9 Å². The predicted molar refractivity (Wildman–Crippen MR) is 122 cm³/mol. The highest BCUT2D eigenvalue weighted by Gasteiger charge is 2.61. The van der Waals surface area contributed by atoms with Crippen LogP contribution in [0, 0.1) is 0 Å². The molecule has 180 valence electrons. The Balaban J connectivity index is 1.20. The van der Waals surface area contributed by atoms with E-state index in [2.05, 4.69) is 18.7 Å². The molecule has 33 heavy (non-hydrogen) atoms. The molecule has 0 N–H and O–H groups in total. The Hall–Kier alpha value is -1.28. The molecule has 1 aromatic carbocycles. The fourth-order valence-corrected chi connectivity index (χ4v) is 6.27. The van der Waals surface area contributed by atoms with E-state index in [9.17, 15) is 0 Å². The summed E-state index contributed by atoms with van der Waals surface area (Å²) in [6, 6.07) is 8.27. The van der Waals surface area contributed by atoms with Gasteiger partial charge in [-0.1, -0.05) is 43.7 Å². The third kappa shape index (κ3) is 4.30. The van der Waals surface area contributed by atoms with Gasteiger partial charge in [-0.3, -0.25) is 0 Å². The molecule has 0 unspecified atom stereocenters. The Kier molecular flexibility index (Phi) is 6.10. The maximum absolute atomic E-state index is 6.60. The number of fused-ring (bicyclic) bond motifs is 1. The quantitative estimate of drug-likeness (QED) is 0.615. The lowest BCUT2D eigenvalue weighted by Gasteiger charge is -2.35. The van der Waals surface area contributed by atoms with Crippen LogP contribution in [-0.4, -0.2) is 48.9 Å². The first-order valence-corrected chi connectivity index (χ1v) is 12.8. The Bertz CT molecular complexity index is 843. The second kappa shape index (κ2) is 9.06. The third-order valence-corrected chi connectivity index (χ3v) is 7.99. The van der Waals surface area contributed by atoms with Crippen molar-refractivity contribution in [3.63, 3.8) is 0 Å². The Morgan fingerprint density at radius 3 is 2.42 bits per heavy atom. The van der Waals surface area contributed by atoms with Crippen molar-refractivity contribution >= 4 is 6.08 Å². The van der Waals surface area contributed by atoms with E-state index in [1.54, 1.807) is 0 Å². The summed E-state index contributed by atoms with van der Waals surface area (Å²) in [7, 11) is 0. The highest BCUT2D eigenvalue weighted by Crippen LogP contribution is 2.48. The molecule has 0 bridgehead atoms. The van der Waals surface area contributed by atoms with Gasteiger partial charge in [0.25, 0.3) is 0 Å². The van der Waals surface area contributed by atoms with Gasteiger partial charge in [0.1, 0.15) is 24.4 Å². The summed E-state index contributed by atoms with van der Waals surface area (Å²) in [5.74, 6) is -0.959. The fourth-order valence-electron chi connectivity index (χ4n) is 6.27. The van der Waals surface area contributed by atoms with E-state index in [1.807, 2.05) is 18.2 Å². The predicted octanol–water partition coefficient (Wildman–Crippen LogP) is 5.09. The van der Waals surface area contributed by atoms with E-state index in [4.69, 9.17) is 28.4 Å². The van der Waals surface area contributed by atoms with Crippen molar-refractivity contribution < 1.29 is 28.4 Å². The van der Waals surface area contributed by atoms with Crippen LogP contribution in [0.4, 0.5) is 0 Å². The van der Waals surface area contributed by atoms with Gasteiger partial charge in [0.2, 0.25) is 0 Å². The van der Waals surface area contributed by atoms with Gasteiger partial charge in [-0.2, -0.15) is 0 Å². The summed E-state index contributed by atoms with van der Waals surface area (Å²) in [6.45, 7) is 4.89. The van der Waals surface area contributed by atoms with E-state index in [1.165, 1.54) is 12.8 Å². The number of hydrogen-bond acceptors (Lipinski definition) is 6. The van der Waals surface area contributed by atoms with Crippen LogP contribution in [-0.2, 0) is 35.0 Å². The van der Waals surface area contributed by atoms with Crippen molar-refractivity contribution in [3.8, 4) is 0 Å².